The molecule has 0 fully saturated rings. The summed E-state index contributed by atoms with van der Waals surface area (Å²) < 4.78 is 0.540. The fourth-order valence-electron chi connectivity index (χ4n) is 1.30. The van der Waals surface area contributed by atoms with Crippen LogP contribution >= 0.6 is 15.9 Å². The van der Waals surface area contributed by atoms with E-state index in [9.17, 15) is 10.1 Å². The minimum atomic E-state index is -0.484. The van der Waals surface area contributed by atoms with Crippen LogP contribution in [-0.4, -0.2) is 19.9 Å². The van der Waals surface area contributed by atoms with Crippen LogP contribution in [0.4, 0.5) is 11.4 Å². The summed E-state index contributed by atoms with van der Waals surface area (Å²) in [6, 6.07) is 0. The normalized spacial score (nSPS) is 10.2. The van der Waals surface area contributed by atoms with Gasteiger partial charge >= 0.3 is 5.69 Å². The van der Waals surface area contributed by atoms with Gasteiger partial charge in [-0.25, -0.2) is 4.98 Å². The number of pyridine rings is 1. The van der Waals surface area contributed by atoms with E-state index in [1.54, 1.807) is 12.4 Å². The third kappa shape index (κ3) is 2.59. The van der Waals surface area contributed by atoms with Gasteiger partial charge in [-0.3, -0.25) is 15.1 Å². The average Bonchev–Trinajstić information content (AvgIpc) is 2.80. The van der Waals surface area contributed by atoms with Gasteiger partial charge in [-0.05, 0) is 15.9 Å². The molecule has 2 rings (SSSR count). The second kappa shape index (κ2) is 4.91. The highest BCUT2D eigenvalue weighted by Gasteiger charge is 2.17. The van der Waals surface area contributed by atoms with Gasteiger partial charge in [0.05, 0.1) is 15.9 Å². The van der Waals surface area contributed by atoms with E-state index in [1.807, 2.05) is 0 Å². The summed E-state index contributed by atoms with van der Waals surface area (Å²) in [6.07, 6.45) is 6.01. The van der Waals surface area contributed by atoms with Crippen molar-refractivity contribution in [3.05, 3.63) is 45.2 Å². The molecule has 0 aromatic carbocycles. The Bertz CT molecular complexity index is 528. The number of halogens is 1. The van der Waals surface area contributed by atoms with Crippen molar-refractivity contribution in [1.29, 1.82) is 0 Å². The molecule has 2 aromatic heterocycles. The van der Waals surface area contributed by atoms with E-state index in [4.69, 9.17) is 0 Å². The maximum absolute atomic E-state index is 10.8. The molecule has 0 spiro atoms. The first-order valence-electron chi connectivity index (χ1n) is 4.68. The van der Waals surface area contributed by atoms with Crippen LogP contribution in [0.15, 0.2) is 29.3 Å². The number of hydrogen-bond donors (Lipinski definition) is 2. The van der Waals surface area contributed by atoms with E-state index >= 15 is 0 Å². The molecule has 0 aliphatic rings. The zero-order valence-electron chi connectivity index (χ0n) is 8.55. The van der Waals surface area contributed by atoms with Crippen LogP contribution < -0.4 is 5.32 Å². The average molecular weight is 298 g/mol. The lowest BCUT2D eigenvalue weighted by molar-refractivity contribution is -0.384. The number of H-pyrrole nitrogens is 1. The van der Waals surface area contributed by atoms with Crippen LogP contribution in [-0.2, 0) is 6.54 Å². The molecule has 0 radical (unpaired) electrons. The van der Waals surface area contributed by atoms with Crippen molar-refractivity contribution in [3.8, 4) is 0 Å². The van der Waals surface area contributed by atoms with Crippen molar-refractivity contribution in [1.82, 2.24) is 15.0 Å². The minimum absolute atomic E-state index is 0.0778. The molecule has 0 bridgehead atoms. The first kappa shape index (κ1) is 11.5. The SMILES string of the molecule is O=[N+]([O-])c1cncc(Br)c1NCc1ncc[nH]1. The van der Waals surface area contributed by atoms with Crippen LogP contribution in [0.2, 0.25) is 0 Å². The molecule has 2 N–H and O–H groups in total. The molecule has 88 valence electrons. The second-order valence-corrected chi connectivity index (χ2v) is 4.02. The van der Waals surface area contributed by atoms with Crippen molar-refractivity contribution < 1.29 is 4.92 Å². The lowest BCUT2D eigenvalue weighted by Gasteiger charge is -2.06. The van der Waals surface area contributed by atoms with Gasteiger partial charge < -0.3 is 10.3 Å². The summed E-state index contributed by atoms with van der Waals surface area (Å²) in [5.74, 6) is 0.697. The van der Waals surface area contributed by atoms with Gasteiger partial charge in [-0.2, -0.15) is 0 Å². The van der Waals surface area contributed by atoms with Crippen LogP contribution in [0.25, 0.3) is 0 Å². The Hall–Kier alpha value is -1.96. The molecular formula is C9H8BrN5O2. The predicted octanol–water partition coefficient (Wildman–Crippen LogP) is 2.09. The molecule has 2 heterocycles. The fraction of sp³-hybridized carbons (Fsp3) is 0.111. The van der Waals surface area contributed by atoms with Crippen molar-refractivity contribution >= 4 is 27.3 Å². The number of hydrogen-bond acceptors (Lipinski definition) is 5. The largest absolute Gasteiger partial charge is 0.371 e. The Morgan fingerprint density at radius 3 is 3.00 bits per heavy atom. The van der Waals surface area contributed by atoms with Gasteiger partial charge in [0, 0.05) is 18.6 Å². The summed E-state index contributed by atoms with van der Waals surface area (Å²) in [6.45, 7) is 0.371. The van der Waals surface area contributed by atoms with Crippen molar-refractivity contribution in [2.45, 2.75) is 6.54 Å². The first-order valence-corrected chi connectivity index (χ1v) is 5.48. The molecule has 0 aliphatic carbocycles. The van der Waals surface area contributed by atoms with Gasteiger partial charge in [-0.15, -0.1) is 0 Å². The number of rotatable bonds is 4. The highest BCUT2D eigenvalue weighted by atomic mass is 79.9. The van der Waals surface area contributed by atoms with E-state index in [0.717, 1.165) is 0 Å². The van der Waals surface area contributed by atoms with E-state index < -0.39 is 4.92 Å². The third-order valence-electron chi connectivity index (χ3n) is 2.06. The molecule has 8 heteroatoms. The van der Waals surface area contributed by atoms with Crippen LogP contribution in [0.3, 0.4) is 0 Å². The predicted molar refractivity (Wildman–Crippen MR) is 64.5 cm³/mol. The molecule has 0 aliphatic heterocycles. The summed E-state index contributed by atoms with van der Waals surface area (Å²) in [5.41, 5.74) is 0.312. The van der Waals surface area contributed by atoms with Gasteiger partial charge in [0.2, 0.25) is 0 Å². The number of imidazole rings is 1. The Morgan fingerprint density at radius 2 is 2.35 bits per heavy atom. The van der Waals surface area contributed by atoms with Gasteiger partial charge in [0.1, 0.15) is 17.7 Å². The van der Waals surface area contributed by atoms with Crippen molar-refractivity contribution in [3.63, 3.8) is 0 Å². The van der Waals surface area contributed by atoms with E-state index in [2.05, 4.69) is 36.2 Å². The molecule has 0 atom stereocenters. The maximum Gasteiger partial charge on any atom is 0.311 e. The number of nitrogens with one attached hydrogen (secondary N) is 2. The number of aromatic amines is 1. The van der Waals surface area contributed by atoms with Crippen molar-refractivity contribution in [2.24, 2.45) is 0 Å². The molecule has 0 unspecified atom stereocenters. The highest BCUT2D eigenvalue weighted by molar-refractivity contribution is 9.10. The molecule has 0 amide bonds. The first-order chi connectivity index (χ1) is 8.18. The van der Waals surface area contributed by atoms with Crippen molar-refractivity contribution in [2.75, 3.05) is 5.32 Å². The number of nitro groups is 1. The molecule has 0 saturated carbocycles. The summed E-state index contributed by atoms with van der Waals surface area (Å²) in [4.78, 5) is 21.0. The molecular weight excluding hydrogens is 290 g/mol. The third-order valence-corrected chi connectivity index (χ3v) is 2.67. The second-order valence-electron chi connectivity index (χ2n) is 3.16. The monoisotopic (exact) mass is 297 g/mol. The lowest BCUT2D eigenvalue weighted by atomic mass is 10.3. The quantitative estimate of drug-likeness (QED) is 0.665. The van der Waals surface area contributed by atoms with Gasteiger partial charge in [0.15, 0.2) is 0 Å². The summed E-state index contributed by atoms with van der Waals surface area (Å²) in [5, 5.41) is 13.8. The Labute approximate surface area is 105 Å². The van der Waals surface area contributed by atoms with Gasteiger partial charge in [0.25, 0.3) is 0 Å². The number of aromatic nitrogens is 3. The van der Waals surface area contributed by atoms with Crippen LogP contribution in [0.1, 0.15) is 5.82 Å². The fourth-order valence-corrected chi connectivity index (χ4v) is 1.77. The van der Waals surface area contributed by atoms with Gasteiger partial charge in [-0.1, -0.05) is 0 Å². The zero-order valence-corrected chi connectivity index (χ0v) is 10.1. The van der Waals surface area contributed by atoms with E-state index in [0.29, 0.717) is 22.5 Å². The number of nitrogens with zero attached hydrogens (tertiary/aromatic N) is 3. The van der Waals surface area contributed by atoms with E-state index in [1.165, 1.54) is 12.4 Å². The summed E-state index contributed by atoms with van der Waals surface area (Å²) in [7, 11) is 0. The Morgan fingerprint density at radius 1 is 1.53 bits per heavy atom. The smallest absolute Gasteiger partial charge is 0.311 e. The lowest BCUT2D eigenvalue weighted by Crippen LogP contribution is -2.05. The minimum Gasteiger partial charge on any atom is -0.371 e. The topological polar surface area (TPSA) is 96.7 Å². The Kier molecular flexibility index (Phi) is 3.33. The maximum atomic E-state index is 10.8. The summed E-state index contributed by atoms with van der Waals surface area (Å²) >= 11 is 3.22. The molecule has 7 nitrogen and oxygen atoms in total. The molecule has 2 aromatic rings. The van der Waals surface area contributed by atoms with E-state index in [-0.39, 0.29) is 5.69 Å². The zero-order chi connectivity index (χ0) is 12.3. The molecule has 0 saturated heterocycles. The standard InChI is InChI=1S/C9H8BrN5O2/c10-6-3-11-4-7(15(16)17)9(6)14-5-8-12-1-2-13-8/h1-4H,5H2,(H,11,14)(H,12,13). The Balaban J connectivity index is 2.22. The highest BCUT2D eigenvalue weighted by Crippen LogP contribution is 2.31. The van der Waals surface area contributed by atoms with Crippen LogP contribution in [0, 0.1) is 10.1 Å². The molecule has 17 heavy (non-hydrogen) atoms. The number of anilines is 1. The van der Waals surface area contributed by atoms with Crippen LogP contribution in [0.5, 0.6) is 0 Å².